The van der Waals surface area contributed by atoms with E-state index in [9.17, 15) is 5.11 Å². The molecule has 0 aromatic rings. The maximum absolute atomic E-state index is 11.5. The van der Waals surface area contributed by atoms with Gasteiger partial charge in [-0.15, -0.1) is 0 Å². The average molecular weight is 373 g/mol. The van der Waals surface area contributed by atoms with Crippen LogP contribution >= 0.6 is 0 Å². The molecule has 1 heterocycles. The third-order valence-electron chi connectivity index (χ3n) is 9.36. The Balaban J connectivity index is 1.51. The minimum absolute atomic E-state index is 0.211. The summed E-state index contributed by atoms with van der Waals surface area (Å²) < 4.78 is 12.1. The van der Waals surface area contributed by atoms with Gasteiger partial charge in [-0.05, 0) is 68.6 Å². The van der Waals surface area contributed by atoms with Crippen molar-refractivity contribution in [2.24, 2.45) is 34.5 Å². The number of allylic oxidation sites excluding steroid dienone is 3. The third-order valence-corrected chi connectivity index (χ3v) is 9.36. The van der Waals surface area contributed by atoms with Gasteiger partial charge in [-0.2, -0.15) is 0 Å². The molecular formula is C24H36O3. The fourth-order valence-electron chi connectivity index (χ4n) is 7.66. The summed E-state index contributed by atoms with van der Waals surface area (Å²) in [5.41, 5.74) is 3.25. The van der Waals surface area contributed by atoms with E-state index in [-0.39, 0.29) is 22.9 Å². The minimum atomic E-state index is -0.555. The zero-order valence-electron chi connectivity index (χ0n) is 17.5. The molecule has 1 aliphatic heterocycles. The highest BCUT2D eigenvalue weighted by Gasteiger charge is 2.63. The molecule has 3 unspecified atom stereocenters. The first-order chi connectivity index (χ1) is 12.8. The van der Waals surface area contributed by atoms with E-state index in [4.69, 9.17) is 9.47 Å². The summed E-state index contributed by atoms with van der Waals surface area (Å²) >= 11 is 0. The van der Waals surface area contributed by atoms with E-state index in [0.717, 1.165) is 25.2 Å². The van der Waals surface area contributed by atoms with E-state index in [2.05, 4.69) is 39.8 Å². The molecular weight excluding hydrogens is 336 g/mol. The van der Waals surface area contributed by atoms with E-state index >= 15 is 0 Å². The Morgan fingerprint density at radius 3 is 2.56 bits per heavy atom. The summed E-state index contributed by atoms with van der Waals surface area (Å²) in [7, 11) is 0. The van der Waals surface area contributed by atoms with Crippen LogP contribution in [0.5, 0.6) is 0 Å². The van der Waals surface area contributed by atoms with E-state index in [1.807, 2.05) is 0 Å². The molecule has 2 saturated carbocycles. The van der Waals surface area contributed by atoms with Gasteiger partial charge >= 0.3 is 0 Å². The van der Waals surface area contributed by atoms with Crippen LogP contribution in [0.4, 0.5) is 0 Å². The standard InChI is InChI=1S/C24H36O3/c1-15-9-10-22(2)16(13-15)5-6-17-18-7-8-20(24(4)26-11-12-27-24)23(18,3)21(25)14-19(17)22/h5,7,15,17,19-21,25H,6,8-14H2,1-4H3/t15-,17?,19?,20?,21+,22-,23-/m0/s1. The van der Waals surface area contributed by atoms with Crippen molar-refractivity contribution in [1.82, 2.24) is 0 Å². The highest BCUT2D eigenvalue weighted by Crippen LogP contribution is 2.66. The lowest BCUT2D eigenvalue weighted by atomic mass is 9.47. The first-order valence-corrected chi connectivity index (χ1v) is 11.1. The largest absolute Gasteiger partial charge is 0.392 e. The normalized spacial score (nSPS) is 51.1. The van der Waals surface area contributed by atoms with Crippen molar-refractivity contribution in [3.05, 3.63) is 23.3 Å². The summed E-state index contributed by atoms with van der Waals surface area (Å²) in [5, 5.41) is 11.5. The van der Waals surface area contributed by atoms with Gasteiger partial charge in [0.25, 0.3) is 0 Å². The maximum atomic E-state index is 11.5. The van der Waals surface area contributed by atoms with Crippen molar-refractivity contribution < 1.29 is 14.6 Å². The highest BCUT2D eigenvalue weighted by molar-refractivity contribution is 5.36. The van der Waals surface area contributed by atoms with Crippen molar-refractivity contribution in [2.45, 2.75) is 78.1 Å². The topological polar surface area (TPSA) is 38.7 Å². The summed E-state index contributed by atoms with van der Waals surface area (Å²) in [5.74, 6) is 1.63. The number of aliphatic hydroxyl groups is 1. The summed E-state index contributed by atoms with van der Waals surface area (Å²) in [6.07, 6.45) is 11.6. The second-order valence-electron chi connectivity index (χ2n) is 10.6. The zero-order valence-corrected chi connectivity index (χ0v) is 17.5. The van der Waals surface area contributed by atoms with Gasteiger partial charge in [0.05, 0.1) is 19.3 Å². The molecule has 0 aromatic heterocycles. The van der Waals surface area contributed by atoms with Crippen LogP contribution in [-0.4, -0.2) is 30.2 Å². The SMILES string of the molecule is C[C@H]1CC[C@@]2(C)C(=CCC3C4=CCC(C5(C)OCCO5)[C@@]4(C)[C@H](O)CC32)C1. The monoisotopic (exact) mass is 372 g/mol. The highest BCUT2D eigenvalue weighted by atomic mass is 16.7. The summed E-state index contributed by atoms with van der Waals surface area (Å²) in [6.45, 7) is 10.6. The summed E-state index contributed by atoms with van der Waals surface area (Å²) in [4.78, 5) is 0. The number of hydrogen-bond acceptors (Lipinski definition) is 3. The number of ether oxygens (including phenoxy) is 2. The Morgan fingerprint density at radius 2 is 1.81 bits per heavy atom. The molecule has 0 radical (unpaired) electrons. The lowest BCUT2D eigenvalue weighted by Crippen LogP contribution is -2.56. The van der Waals surface area contributed by atoms with Crippen LogP contribution in [0.15, 0.2) is 23.3 Å². The van der Waals surface area contributed by atoms with Crippen molar-refractivity contribution in [3.8, 4) is 0 Å². The van der Waals surface area contributed by atoms with Crippen LogP contribution in [0.3, 0.4) is 0 Å². The van der Waals surface area contributed by atoms with Crippen LogP contribution in [0.1, 0.15) is 66.2 Å². The van der Waals surface area contributed by atoms with Gasteiger partial charge in [0, 0.05) is 11.3 Å². The molecule has 0 spiro atoms. The lowest BCUT2D eigenvalue weighted by Gasteiger charge is -2.59. The van der Waals surface area contributed by atoms with Gasteiger partial charge in [-0.3, -0.25) is 0 Å². The molecule has 3 nitrogen and oxygen atoms in total. The Morgan fingerprint density at radius 1 is 1.07 bits per heavy atom. The molecule has 150 valence electrons. The van der Waals surface area contributed by atoms with Gasteiger partial charge in [-0.1, -0.05) is 44.1 Å². The Kier molecular flexibility index (Phi) is 4.04. The second-order valence-corrected chi connectivity index (χ2v) is 10.6. The molecule has 7 atom stereocenters. The smallest absolute Gasteiger partial charge is 0.169 e. The summed E-state index contributed by atoms with van der Waals surface area (Å²) in [6, 6.07) is 0. The lowest BCUT2D eigenvalue weighted by molar-refractivity contribution is -0.218. The van der Waals surface area contributed by atoms with Crippen LogP contribution in [0, 0.1) is 34.5 Å². The molecule has 27 heavy (non-hydrogen) atoms. The van der Waals surface area contributed by atoms with Crippen molar-refractivity contribution in [1.29, 1.82) is 0 Å². The number of fused-ring (bicyclic) bond motifs is 5. The molecule has 0 aromatic carbocycles. The number of hydrogen-bond donors (Lipinski definition) is 1. The van der Waals surface area contributed by atoms with E-state index in [0.29, 0.717) is 25.0 Å². The Labute approximate surface area is 164 Å². The predicted octanol–water partition coefficient (Wildman–Crippen LogP) is 4.86. The van der Waals surface area contributed by atoms with E-state index in [1.54, 1.807) is 5.57 Å². The van der Waals surface area contributed by atoms with Crippen molar-refractivity contribution >= 4 is 0 Å². The molecule has 5 rings (SSSR count). The van der Waals surface area contributed by atoms with Crippen LogP contribution in [-0.2, 0) is 9.47 Å². The van der Waals surface area contributed by atoms with Gasteiger partial charge in [0.15, 0.2) is 5.79 Å². The van der Waals surface area contributed by atoms with Crippen LogP contribution in [0.25, 0.3) is 0 Å². The molecule has 3 heteroatoms. The predicted molar refractivity (Wildman–Crippen MR) is 106 cm³/mol. The zero-order chi connectivity index (χ0) is 19.0. The first-order valence-electron chi connectivity index (χ1n) is 11.1. The van der Waals surface area contributed by atoms with Crippen molar-refractivity contribution in [3.63, 3.8) is 0 Å². The average Bonchev–Trinajstić information content (AvgIpc) is 3.22. The maximum Gasteiger partial charge on any atom is 0.169 e. The fourth-order valence-corrected chi connectivity index (χ4v) is 7.66. The van der Waals surface area contributed by atoms with Gasteiger partial charge < -0.3 is 14.6 Å². The third kappa shape index (κ3) is 2.37. The molecule has 1 N–H and O–H groups in total. The van der Waals surface area contributed by atoms with Crippen LogP contribution < -0.4 is 0 Å². The van der Waals surface area contributed by atoms with Crippen LogP contribution in [0.2, 0.25) is 0 Å². The molecule has 5 aliphatic rings. The Bertz CT molecular complexity index is 688. The van der Waals surface area contributed by atoms with E-state index in [1.165, 1.54) is 24.8 Å². The van der Waals surface area contributed by atoms with Gasteiger partial charge in [0.1, 0.15) is 0 Å². The molecule has 3 fully saturated rings. The van der Waals surface area contributed by atoms with Crippen molar-refractivity contribution in [2.75, 3.05) is 13.2 Å². The van der Waals surface area contributed by atoms with Gasteiger partial charge in [0.2, 0.25) is 0 Å². The van der Waals surface area contributed by atoms with E-state index < -0.39 is 5.79 Å². The molecule has 4 aliphatic carbocycles. The number of aliphatic hydroxyl groups excluding tert-OH is 1. The van der Waals surface area contributed by atoms with Gasteiger partial charge in [-0.25, -0.2) is 0 Å². The fraction of sp³-hybridized carbons (Fsp3) is 0.833. The Hall–Kier alpha value is -0.640. The molecule has 1 saturated heterocycles. The molecule has 0 amide bonds. The number of rotatable bonds is 1. The quantitative estimate of drug-likeness (QED) is 0.668. The second kappa shape index (κ2) is 5.93. The molecule has 0 bridgehead atoms. The first kappa shape index (κ1) is 18.4. The minimum Gasteiger partial charge on any atom is -0.392 e.